The number of aromatic carboxylic acids is 1. The molecule has 0 saturated heterocycles. The van der Waals surface area contributed by atoms with E-state index >= 15 is 0 Å². The minimum atomic E-state index is -1.14. The molecule has 0 aliphatic carbocycles. The van der Waals surface area contributed by atoms with Crippen LogP contribution < -0.4 is 5.32 Å². The Kier molecular flexibility index (Phi) is 3.12. The lowest BCUT2D eigenvalue weighted by molar-refractivity contribution is 0.0698. The average Bonchev–Trinajstić information content (AvgIpc) is 2.91. The number of carbonyl (C=O) groups excluding carboxylic acids is 1. The Morgan fingerprint density at radius 3 is 2.76 bits per heavy atom. The first-order valence-electron chi connectivity index (χ1n) is 6.12. The number of furan rings is 1. The fourth-order valence-electron chi connectivity index (χ4n) is 1.96. The first kappa shape index (κ1) is 12.9. The van der Waals surface area contributed by atoms with E-state index in [-0.39, 0.29) is 17.0 Å². The number of fused-ring (bicyclic) bond motifs is 1. The van der Waals surface area contributed by atoms with Gasteiger partial charge in [-0.05, 0) is 18.2 Å². The van der Waals surface area contributed by atoms with Crippen LogP contribution in [-0.4, -0.2) is 22.0 Å². The summed E-state index contributed by atoms with van der Waals surface area (Å²) in [6.45, 7) is 0. The van der Waals surface area contributed by atoms with Gasteiger partial charge in [0, 0.05) is 11.6 Å². The van der Waals surface area contributed by atoms with Crippen molar-refractivity contribution in [3.05, 3.63) is 60.1 Å². The van der Waals surface area contributed by atoms with Gasteiger partial charge in [-0.2, -0.15) is 0 Å². The van der Waals surface area contributed by atoms with E-state index in [9.17, 15) is 9.59 Å². The molecule has 3 aromatic rings. The Morgan fingerprint density at radius 2 is 2.00 bits per heavy atom. The number of pyridine rings is 1. The van der Waals surface area contributed by atoms with Gasteiger partial charge in [0.2, 0.25) is 0 Å². The van der Waals surface area contributed by atoms with E-state index in [2.05, 4.69) is 10.3 Å². The van der Waals surface area contributed by atoms with E-state index in [1.807, 2.05) is 12.1 Å². The van der Waals surface area contributed by atoms with Crippen LogP contribution in [0.5, 0.6) is 0 Å². The Bertz CT molecular complexity index is 805. The number of para-hydroxylation sites is 1. The number of anilines is 1. The summed E-state index contributed by atoms with van der Waals surface area (Å²) in [5, 5.41) is 12.4. The fraction of sp³-hybridized carbons (Fsp3) is 0. The molecule has 0 aliphatic rings. The maximum atomic E-state index is 12.1. The smallest absolute Gasteiger partial charge is 0.337 e. The molecule has 2 aromatic heterocycles. The molecule has 6 nitrogen and oxygen atoms in total. The standard InChI is InChI=1S/C15H10N2O4/c18-14(13-7-9-3-1-2-4-12(9)21-13)17-11-8-16-6-5-10(11)15(19)20/h1-8H,(H,17,18)(H,19,20). The van der Waals surface area contributed by atoms with Crippen LogP contribution in [0.1, 0.15) is 20.9 Å². The van der Waals surface area contributed by atoms with Crippen molar-refractivity contribution in [2.75, 3.05) is 5.32 Å². The molecule has 21 heavy (non-hydrogen) atoms. The van der Waals surface area contributed by atoms with Gasteiger partial charge in [-0.15, -0.1) is 0 Å². The van der Waals surface area contributed by atoms with Crippen LogP contribution in [0, 0.1) is 0 Å². The van der Waals surface area contributed by atoms with Gasteiger partial charge in [-0.25, -0.2) is 4.79 Å². The molecule has 0 spiro atoms. The molecule has 6 heteroatoms. The molecule has 0 unspecified atom stereocenters. The van der Waals surface area contributed by atoms with Crippen LogP contribution in [0.25, 0.3) is 11.0 Å². The number of hydrogen-bond donors (Lipinski definition) is 2. The lowest BCUT2D eigenvalue weighted by Crippen LogP contribution is -2.14. The Hall–Kier alpha value is -3.15. The predicted octanol–water partition coefficient (Wildman–Crippen LogP) is 2.78. The molecule has 0 saturated carbocycles. The van der Waals surface area contributed by atoms with Crippen molar-refractivity contribution in [3.63, 3.8) is 0 Å². The van der Waals surface area contributed by atoms with Crippen molar-refractivity contribution >= 4 is 28.5 Å². The van der Waals surface area contributed by atoms with E-state index in [4.69, 9.17) is 9.52 Å². The summed E-state index contributed by atoms with van der Waals surface area (Å²) in [6, 6.07) is 10.1. The van der Waals surface area contributed by atoms with Crippen molar-refractivity contribution in [1.82, 2.24) is 4.98 Å². The van der Waals surface area contributed by atoms with Crippen molar-refractivity contribution in [3.8, 4) is 0 Å². The molecule has 2 N–H and O–H groups in total. The third kappa shape index (κ3) is 2.46. The monoisotopic (exact) mass is 282 g/mol. The number of nitrogens with one attached hydrogen (secondary N) is 1. The molecule has 1 amide bonds. The molecule has 0 radical (unpaired) electrons. The number of rotatable bonds is 3. The third-order valence-corrected chi connectivity index (χ3v) is 2.95. The van der Waals surface area contributed by atoms with E-state index in [0.29, 0.717) is 5.58 Å². The van der Waals surface area contributed by atoms with Crippen molar-refractivity contribution in [1.29, 1.82) is 0 Å². The Labute approximate surface area is 119 Å². The van der Waals surface area contributed by atoms with E-state index < -0.39 is 11.9 Å². The molecule has 3 rings (SSSR count). The number of benzene rings is 1. The molecular formula is C15H10N2O4. The minimum Gasteiger partial charge on any atom is -0.478 e. The molecule has 0 aliphatic heterocycles. The molecule has 104 valence electrons. The highest BCUT2D eigenvalue weighted by Crippen LogP contribution is 2.20. The highest BCUT2D eigenvalue weighted by molar-refractivity contribution is 6.07. The molecular weight excluding hydrogens is 272 g/mol. The van der Waals surface area contributed by atoms with Crippen LogP contribution >= 0.6 is 0 Å². The van der Waals surface area contributed by atoms with Gasteiger partial charge in [-0.3, -0.25) is 9.78 Å². The van der Waals surface area contributed by atoms with Gasteiger partial charge in [0.25, 0.3) is 5.91 Å². The van der Waals surface area contributed by atoms with Crippen LogP contribution in [0.3, 0.4) is 0 Å². The normalized spacial score (nSPS) is 10.5. The van der Waals surface area contributed by atoms with Gasteiger partial charge in [0.1, 0.15) is 5.58 Å². The highest BCUT2D eigenvalue weighted by atomic mass is 16.4. The number of carboxylic acids is 1. The van der Waals surface area contributed by atoms with Gasteiger partial charge in [0.05, 0.1) is 17.4 Å². The number of aromatic nitrogens is 1. The third-order valence-electron chi connectivity index (χ3n) is 2.95. The number of nitrogens with zero attached hydrogens (tertiary/aromatic N) is 1. The lowest BCUT2D eigenvalue weighted by Gasteiger charge is -2.05. The molecule has 1 aromatic carbocycles. The first-order valence-corrected chi connectivity index (χ1v) is 6.12. The van der Waals surface area contributed by atoms with Gasteiger partial charge < -0.3 is 14.8 Å². The topological polar surface area (TPSA) is 92.4 Å². The number of amides is 1. The van der Waals surface area contributed by atoms with Crippen LogP contribution in [-0.2, 0) is 0 Å². The summed E-state index contributed by atoms with van der Waals surface area (Å²) in [7, 11) is 0. The van der Waals surface area contributed by atoms with Crippen LogP contribution in [0.15, 0.2) is 53.2 Å². The predicted molar refractivity (Wildman–Crippen MR) is 75.4 cm³/mol. The second kappa shape index (κ2) is 5.09. The van der Waals surface area contributed by atoms with Crippen molar-refractivity contribution in [2.45, 2.75) is 0 Å². The highest BCUT2D eigenvalue weighted by Gasteiger charge is 2.16. The molecule has 0 bridgehead atoms. The number of hydrogen-bond acceptors (Lipinski definition) is 4. The maximum absolute atomic E-state index is 12.1. The zero-order chi connectivity index (χ0) is 14.8. The summed E-state index contributed by atoms with van der Waals surface area (Å²) in [4.78, 5) is 27.0. The molecule has 2 heterocycles. The lowest BCUT2D eigenvalue weighted by atomic mass is 10.2. The summed E-state index contributed by atoms with van der Waals surface area (Å²) in [5.74, 6) is -1.56. The van der Waals surface area contributed by atoms with Gasteiger partial charge in [-0.1, -0.05) is 18.2 Å². The first-order chi connectivity index (χ1) is 10.1. The van der Waals surface area contributed by atoms with Crippen LogP contribution in [0.2, 0.25) is 0 Å². The van der Waals surface area contributed by atoms with Gasteiger partial charge in [0.15, 0.2) is 5.76 Å². The zero-order valence-corrected chi connectivity index (χ0v) is 10.7. The maximum Gasteiger partial charge on any atom is 0.337 e. The summed E-state index contributed by atoms with van der Waals surface area (Å²) < 4.78 is 5.42. The zero-order valence-electron chi connectivity index (χ0n) is 10.7. The van der Waals surface area contributed by atoms with Crippen LogP contribution in [0.4, 0.5) is 5.69 Å². The van der Waals surface area contributed by atoms with E-state index in [1.165, 1.54) is 18.5 Å². The largest absolute Gasteiger partial charge is 0.478 e. The molecule has 0 atom stereocenters. The second-order valence-corrected chi connectivity index (χ2v) is 4.33. The summed E-state index contributed by atoms with van der Waals surface area (Å²) in [5.41, 5.74) is 0.678. The Balaban J connectivity index is 1.91. The number of carboxylic acid groups (broad SMARTS) is 1. The van der Waals surface area contributed by atoms with E-state index in [0.717, 1.165) is 5.39 Å². The van der Waals surface area contributed by atoms with Crippen molar-refractivity contribution < 1.29 is 19.1 Å². The van der Waals surface area contributed by atoms with E-state index in [1.54, 1.807) is 18.2 Å². The second-order valence-electron chi connectivity index (χ2n) is 4.33. The van der Waals surface area contributed by atoms with Gasteiger partial charge >= 0.3 is 5.97 Å². The minimum absolute atomic E-state index is 0.0329. The van der Waals surface area contributed by atoms with Crippen molar-refractivity contribution in [2.24, 2.45) is 0 Å². The number of carbonyl (C=O) groups is 2. The summed E-state index contributed by atoms with van der Waals surface area (Å²) >= 11 is 0. The fourth-order valence-corrected chi connectivity index (χ4v) is 1.96. The SMILES string of the molecule is O=C(Nc1cnccc1C(=O)O)c1cc2ccccc2o1. The summed E-state index contributed by atoms with van der Waals surface area (Å²) in [6.07, 6.45) is 2.63. The quantitative estimate of drug-likeness (QED) is 0.770. The Morgan fingerprint density at radius 1 is 1.19 bits per heavy atom. The molecule has 0 fully saturated rings. The average molecular weight is 282 g/mol.